The molecule has 2 bridgehead atoms. The molecule has 39 heavy (non-hydrogen) atoms. The Morgan fingerprint density at radius 2 is 1.79 bits per heavy atom. The van der Waals surface area contributed by atoms with E-state index in [1.807, 2.05) is 6.07 Å². The lowest BCUT2D eigenvalue weighted by Crippen LogP contribution is -2.47. The van der Waals surface area contributed by atoms with Crippen LogP contribution in [0.5, 0.6) is 0 Å². The predicted octanol–water partition coefficient (Wildman–Crippen LogP) is 5.57. The Balaban J connectivity index is 1.42. The van der Waals surface area contributed by atoms with Gasteiger partial charge in [-0.25, -0.2) is 17.9 Å². The Morgan fingerprint density at radius 3 is 2.56 bits per heavy atom. The van der Waals surface area contributed by atoms with Gasteiger partial charge < -0.3 is 10.4 Å². The number of aliphatic carboxylic acids is 1. The van der Waals surface area contributed by atoms with Crippen molar-refractivity contribution in [2.75, 3.05) is 0 Å². The number of carbonyl (C=O) groups excluding carboxylic acids is 1. The molecule has 1 amide bonds. The molecule has 1 heterocycles. The van der Waals surface area contributed by atoms with Crippen molar-refractivity contribution >= 4 is 11.9 Å². The van der Waals surface area contributed by atoms with Gasteiger partial charge in [0.25, 0.3) is 5.91 Å². The van der Waals surface area contributed by atoms with E-state index in [1.165, 1.54) is 22.9 Å². The van der Waals surface area contributed by atoms with Gasteiger partial charge in [0.2, 0.25) is 0 Å². The SMILES string of the molecule is O=C(N[C@H]1C2CCC(C2)[C@H]1C(=O)O)c1nn(-c2ccc(F)cc2F)c2c1CCCCC2Cc1cccc(F)c1. The van der Waals surface area contributed by atoms with Gasteiger partial charge in [0.05, 0.1) is 11.6 Å². The third kappa shape index (κ3) is 4.72. The van der Waals surface area contributed by atoms with Crippen molar-refractivity contribution in [2.45, 2.75) is 63.3 Å². The number of fused-ring (bicyclic) bond motifs is 3. The minimum Gasteiger partial charge on any atom is -0.481 e. The molecule has 1 aromatic heterocycles. The molecule has 6 rings (SSSR count). The number of nitrogens with one attached hydrogen (secondary N) is 1. The first kappa shape index (κ1) is 25.6. The van der Waals surface area contributed by atoms with Gasteiger partial charge in [-0.05, 0) is 86.6 Å². The average Bonchev–Trinajstić information content (AvgIpc) is 3.56. The Hall–Kier alpha value is -3.62. The molecule has 3 aliphatic rings. The number of carboxylic acid groups (broad SMARTS) is 1. The van der Waals surface area contributed by atoms with E-state index in [1.54, 1.807) is 6.07 Å². The second-order valence-corrected chi connectivity index (χ2v) is 11.2. The average molecular weight is 538 g/mol. The highest BCUT2D eigenvalue weighted by molar-refractivity contribution is 5.95. The monoisotopic (exact) mass is 537 g/mol. The minimum absolute atomic E-state index is 0.0289. The number of hydrogen-bond donors (Lipinski definition) is 2. The summed E-state index contributed by atoms with van der Waals surface area (Å²) in [7, 11) is 0. The largest absolute Gasteiger partial charge is 0.481 e. The Labute approximate surface area is 224 Å². The number of halogens is 3. The standard InChI is InChI=1S/C30H30F3N3O3/c31-20-6-3-4-16(13-20)12-19-5-1-2-7-22-27(35-36(28(19)22)24-11-10-21(32)15-23(24)33)29(37)34-26-18-9-8-17(14-18)25(26)30(38)39/h3-4,6,10-11,13,15,17-19,25-26H,1-2,5,7-9,12,14H2,(H,34,37)(H,38,39)/t17?,18?,19?,25-,26+/m1/s1. The summed E-state index contributed by atoms with van der Waals surface area (Å²) >= 11 is 0. The molecule has 204 valence electrons. The van der Waals surface area contributed by atoms with Crippen molar-refractivity contribution in [1.29, 1.82) is 0 Å². The summed E-state index contributed by atoms with van der Waals surface area (Å²) in [6.07, 6.45) is 5.89. The molecule has 0 saturated heterocycles. The fourth-order valence-corrected chi connectivity index (χ4v) is 7.20. The Bertz CT molecular complexity index is 1440. The second-order valence-electron chi connectivity index (χ2n) is 11.2. The van der Waals surface area contributed by atoms with Gasteiger partial charge >= 0.3 is 5.97 Å². The highest BCUT2D eigenvalue weighted by Gasteiger charge is 2.52. The van der Waals surface area contributed by atoms with E-state index in [0.29, 0.717) is 24.1 Å². The van der Waals surface area contributed by atoms with E-state index in [4.69, 9.17) is 0 Å². The Morgan fingerprint density at radius 1 is 1.00 bits per heavy atom. The molecule has 9 heteroatoms. The van der Waals surface area contributed by atoms with Gasteiger partial charge in [-0.2, -0.15) is 5.10 Å². The molecule has 5 atom stereocenters. The predicted molar refractivity (Wildman–Crippen MR) is 137 cm³/mol. The molecule has 3 aliphatic carbocycles. The molecule has 2 aromatic carbocycles. The normalized spacial score (nSPS) is 25.8. The summed E-state index contributed by atoms with van der Waals surface area (Å²) in [6, 6.07) is 9.09. The van der Waals surface area contributed by atoms with Crippen molar-refractivity contribution < 1.29 is 27.9 Å². The van der Waals surface area contributed by atoms with Crippen LogP contribution in [-0.4, -0.2) is 32.8 Å². The maximum atomic E-state index is 15.1. The number of carbonyl (C=O) groups is 2. The summed E-state index contributed by atoms with van der Waals surface area (Å²) < 4.78 is 44.3. The Kier molecular flexibility index (Phi) is 6.69. The number of benzene rings is 2. The number of rotatable bonds is 6. The summed E-state index contributed by atoms with van der Waals surface area (Å²) in [4.78, 5) is 25.8. The van der Waals surface area contributed by atoms with Crippen molar-refractivity contribution in [3.63, 3.8) is 0 Å². The zero-order valence-electron chi connectivity index (χ0n) is 21.4. The summed E-state index contributed by atoms with van der Waals surface area (Å²) in [6.45, 7) is 0. The van der Waals surface area contributed by atoms with Crippen LogP contribution in [0, 0.1) is 35.2 Å². The van der Waals surface area contributed by atoms with E-state index in [0.717, 1.165) is 56.2 Å². The highest BCUT2D eigenvalue weighted by atomic mass is 19.1. The minimum atomic E-state index is -0.902. The number of nitrogens with zero attached hydrogens (tertiary/aromatic N) is 2. The van der Waals surface area contributed by atoms with Crippen LogP contribution in [0.1, 0.15) is 71.8 Å². The first-order chi connectivity index (χ1) is 18.8. The highest BCUT2D eigenvalue weighted by Crippen LogP contribution is 2.49. The molecule has 6 nitrogen and oxygen atoms in total. The maximum Gasteiger partial charge on any atom is 0.308 e. The first-order valence-corrected chi connectivity index (χ1v) is 13.7. The fourth-order valence-electron chi connectivity index (χ4n) is 7.20. The molecular formula is C30H30F3N3O3. The summed E-state index contributed by atoms with van der Waals surface area (Å²) in [5, 5.41) is 17.4. The molecule has 3 unspecified atom stereocenters. The molecule has 2 fully saturated rings. The number of carboxylic acids is 1. The summed E-state index contributed by atoms with van der Waals surface area (Å²) in [5.41, 5.74) is 2.30. The van der Waals surface area contributed by atoms with Crippen LogP contribution >= 0.6 is 0 Å². The summed E-state index contributed by atoms with van der Waals surface area (Å²) in [5.74, 6) is -3.91. The smallest absolute Gasteiger partial charge is 0.308 e. The molecule has 0 spiro atoms. The number of aromatic nitrogens is 2. The van der Waals surface area contributed by atoms with Crippen molar-refractivity contribution in [2.24, 2.45) is 17.8 Å². The van der Waals surface area contributed by atoms with Gasteiger partial charge in [-0.1, -0.05) is 18.6 Å². The van der Waals surface area contributed by atoms with Crippen molar-refractivity contribution in [3.05, 3.63) is 82.4 Å². The third-order valence-electron chi connectivity index (χ3n) is 8.86. The van der Waals surface area contributed by atoms with Crippen LogP contribution in [0.25, 0.3) is 5.69 Å². The maximum absolute atomic E-state index is 15.1. The van der Waals surface area contributed by atoms with Gasteiger partial charge in [0.15, 0.2) is 11.5 Å². The van der Waals surface area contributed by atoms with Crippen LogP contribution in [0.2, 0.25) is 0 Å². The van der Waals surface area contributed by atoms with E-state index in [-0.39, 0.29) is 35.0 Å². The van der Waals surface area contributed by atoms with Gasteiger partial charge in [-0.3, -0.25) is 9.59 Å². The third-order valence-corrected chi connectivity index (χ3v) is 8.86. The first-order valence-electron chi connectivity index (χ1n) is 13.7. The molecule has 3 aromatic rings. The van der Waals surface area contributed by atoms with Crippen molar-refractivity contribution in [3.8, 4) is 5.69 Å². The van der Waals surface area contributed by atoms with E-state index >= 15 is 4.39 Å². The quantitative estimate of drug-likeness (QED) is 0.403. The number of amides is 1. The molecule has 2 saturated carbocycles. The van der Waals surface area contributed by atoms with Crippen LogP contribution in [-0.2, 0) is 17.6 Å². The zero-order chi connectivity index (χ0) is 27.3. The van der Waals surface area contributed by atoms with Gasteiger partial charge in [0.1, 0.15) is 17.3 Å². The molecular weight excluding hydrogens is 507 g/mol. The second kappa shape index (κ2) is 10.2. The van der Waals surface area contributed by atoms with E-state index in [9.17, 15) is 23.5 Å². The molecule has 0 aliphatic heterocycles. The van der Waals surface area contributed by atoms with Gasteiger partial charge in [0, 0.05) is 23.6 Å². The van der Waals surface area contributed by atoms with E-state index < -0.39 is 35.5 Å². The molecule has 0 radical (unpaired) electrons. The van der Waals surface area contributed by atoms with Crippen LogP contribution < -0.4 is 5.32 Å². The van der Waals surface area contributed by atoms with Crippen molar-refractivity contribution in [1.82, 2.24) is 15.1 Å². The van der Waals surface area contributed by atoms with Crippen LogP contribution in [0.15, 0.2) is 42.5 Å². The van der Waals surface area contributed by atoms with Crippen LogP contribution in [0.4, 0.5) is 13.2 Å². The van der Waals surface area contributed by atoms with E-state index in [2.05, 4.69) is 10.4 Å². The lowest BCUT2D eigenvalue weighted by atomic mass is 9.84. The van der Waals surface area contributed by atoms with Crippen LogP contribution in [0.3, 0.4) is 0 Å². The fraction of sp³-hybridized carbons (Fsp3) is 0.433. The molecule has 2 N–H and O–H groups in total. The van der Waals surface area contributed by atoms with Gasteiger partial charge in [-0.15, -0.1) is 0 Å². The number of hydrogen-bond acceptors (Lipinski definition) is 3. The lowest BCUT2D eigenvalue weighted by molar-refractivity contribution is -0.144. The lowest BCUT2D eigenvalue weighted by Gasteiger charge is -2.28. The topological polar surface area (TPSA) is 84.2 Å². The zero-order valence-corrected chi connectivity index (χ0v) is 21.4.